The minimum atomic E-state index is -0.163. The predicted molar refractivity (Wildman–Crippen MR) is 97.3 cm³/mol. The van der Waals surface area contributed by atoms with Gasteiger partial charge in [-0.2, -0.15) is 0 Å². The van der Waals surface area contributed by atoms with Gasteiger partial charge in [0.2, 0.25) is 5.91 Å². The number of carbonyl (C=O) groups is 1. The van der Waals surface area contributed by atoms with Gasteiger partial charge in [-0.15, -0.1) is 0 Å². The van der Waals surface area contributed by atoms with E-state index < -0.39 is 0 Å². The molecule has 0 aliphatic heterocycles. The van der Waals surface area contributed by atoms with Gasteiger partial charge in [0.05, 0.1) is 24.8 Å². The molecule has 0 aromatic heterocycles. The largest absolute Gasteiger partial charge is 0.495 e. The van der Waals surface area contributed by atoms with E-state index in [1.54, 1.807) is 31.4 Å². The molecule has 1 amide bonds. The normalized spacial score (nSPS) is 10.4. The summed E-state index contributed by atoms with van der Waals surface area (Å²) in [4.78, 5) is 12.1. The molecule has 0 bridgehead atoms. The highest BCUT2D eigenvalue weighted by Gasteiger charge is 2.06. The molecular formula is C18H21ClN2O3. The van der Waals surface area contributed by atoms with Crippen LogP contribution in [0.2, 0.25) is 5.02 Å². The molecule has 0 aliphatic carbocycles. The van der Waals surface area contributed by atoms with E-state index in [2.05, 4.69) is 10.6 Å². The van der Waals surface area contributed by atoms with E-state index in [0.29, 0.717) is 16.5 Å². The molecule has 0 heterocycles. The van der Waals surface area contributed by atoms with Crippen LogP contribution in [-0.2, 0) is 4.79 Å². The van der Waals surface area contributed by atoms with Crippen molar-refractivity contribution < 1.29 is 14.3 Å². The summed E-state index contributed by atoms with van der Waals surface area (Å²) in [5, 5.41) is 6.33. The standard InChI is InChI=1S/C18H21ClN2O3/c1-12(2)24-15-6-4-5-14(9-15)21-18(22)11-20-13-7-8-17(23-3)16(19)10-13/h4-10,12,20H,11H2,1-3H3,(H,21,22). The quantitative estimate of drug-likeness (QED) is 0.787. The number of halogens is 1. The van der Waals surface area contributed by atoms with Gasteiger partial charge in [0.25, 0.3) is 0 Å². The summed E-state index contributed by atoms with van der Waals surface area (Å²) in [6.45, 7) is 4.03. The number of rotatable bonds is 7. The molecular weight excluding hydrogens is 328 g/mol. The Balaban J connectivity index is 1.90. The van der Waals surface area contributed by atoms with Gasteiger partial charge in [0, 0.05) is 17.4 Å². The lowest BCUT2D eigenvalue weighted by molar-refractivity contribution is -0.114. The molecule has 2 rings (SSSR count). The molecule has 0 spiro atoms. The molecule has 0 saturated carbocycles. The molecule has 0 fully saturated rings. The number of nitrogens with one attached hydrogen (secondary N) is 2. The van der Waals surface area contributed by atoms with Gasteiger partial charge in [-0.1, -0.05) is 17.7 Å². The zero-order chi connectivity index (χ0) is 17.5. The lowest BCUT2D eigenvalue weighted by atomic mass is 10.3. The molecule has 6 heteroatoms. The van der Waals surface area contributed by atoms with Crippen molar-refractivity contribution in [1.82, 2.24) is 0 Å². The third kappa shape index (κ3) is 5.35. The molecule has 128 valence electrons. The van der Waals surface area contributed by atoms with Crippen LogP contribution in [0.4, 0.5) is 11.4 Å². The van der Waals surface area contributed by atoms with Gasteiger partial charge in [0.1, 0.15) is 11.5 Å². The van der Waals surface area contributed by atoms with Crippen LogP contribution >= 0.6 is 11.6 Å². The van der Waals surface area contributed by atoms with Gasteiger partial charge in [-0.3, -0.25) is 4.79 Å². The summed E-state index contributed by atoms with van der Waals surface area (Å²) in [6.07, 6.45) is 0.0810. The Hall–Kier alpha value is -2.40. The van der Waals surface area contributed by atoms with Gasteiger partial charge >= 0.3 is 0 Å². The molecule has 2 aromatic rings. The van der Waals surface area contributed by atoms with Crippen LogP contribution < -0.4 is 20.1 Å². The van der Waals surface area contributed by atoms with E-state index in [1.165, 1.54) is 0 Å². The summed E-state index contributed by atoms with van der Waals surface area (Å²) in [7, 11) is 1.55. The maximum Gasteiger partial charge on any atom is 0.243 e. The molecule has 2 aromatic carbocycles. The van der Waals surface area contributed by atoms with Crippen molar-refractivity contribution in [2.75, 3.05) is 24.3 Å². The fourth-order valence-corrected chi connectivity index (χ4v) is 2.34. The SMILES string of the molecule is COc1ccc(NCC(=O)Nc2cccc(OC(C)C)c2)cc1Cl. The first-order chi connectivity index (χ1) is 11.5. The van der Waals surface area contributed by atoms with Gasteiger partial charge in [-0.05, 0) is 44.2 Å². The number of ether oxygens (including phenoxy) is 2. The molecule has 0 aliphatic rings. The van der Waals surface area contributed by atoms with Crippen molar-refractivity contribution >= 4 is 28.9 Å². The van der Waals surface area contributed by atoms with E-state index in [9.17, 15) is 4.79 Å². The van der Waals surface area contributed by atoms with Crippen molar-refractivity contribution in [1.29, 1.82) is 0 Å². The third-order valence-electron chi connectivity index (χ3n) is 3.09. The monoisotopic (exact) mass is 348 g/mol. The van der Waals surface area contributed by atoms with E-state index in [1.807, 2.05) is 32.0 Å². The maximum atomic E-state index is 12.1. The smallest absolute Gasteiger partial charge is 0.243 e. The molecule has 0 atom stereocenters. The van der Waals surface area contributed by atoms with Crippen molar-refractivity contribution in [3.63, 3.8) is 0 Å². The topological polar surface area (TPSA) is 59.6 Å². The maximum absolute atomic E-state index is 12.1. The molecule has 5 nitrogen and oxygen atoms in total. The second kappa shape index (κ2) is 8.45. The van der Waals surface area contributed by atoms with Gasteiger partial charge in [0.15, 0.2) is 0 Å². The summed E-state index contributed by atoms with van der Waals surface area (Å²) in [5.74, 6) is 1.15. The van der Waals surface area contributed by atoms with Gasteiger partial charge in [-0.25, -0.2) is 0 Å². The van der Waals surface area contributed by atoms with Crippen LogP contribution in [0.3, 0.4) is 0 Å². The summed E-state index contributed by atoms with van der Waals surface area (Å²) in [5.41, 5.74) is 1.43. The van der Waals surface area contributed by atoms with Crippen LogP contribution in [0, 0.1) is 0 Å². The molecule has 0 unspecified atom stereocenters. The van der Waals surface area contributed by atoms with E-state index in [-0.39, 0.29) is 18.6 Å². The average Bonchev–Trinajstić information content (AvgIpc) is 2.53. The Morgan fingerprint density at radius 2 is 1.96 bits per heavy atom. The van der Waals surface area contributed by atoms with Crippen molar-refractivity contribution in [2.24, 2.45) is 0 Å². The number of methoxy groups -OCH3 is 1. The Kier molecular flexibility index (Phi) is 6.32. The molecule has 2 N–H and O–H groups in total. The van der Waals surface area contributed by atoms with Crippen LogP contribution in [0.5, 0.6) is 11.5 Å². The number of amides is 1. The Morgan fingerprint density at radius 1 is 1.17 bits per heavy atom. The van der Waals surface area contributed by atoms with E-state index >= 15 is 0 Å². The van der Waals surface area contributed by atoms with Gasteiger partial charge < -0.3 is 20.1 Å². The first-order valence-corrected chi connectivity index (χ1v) is 7.99. The number of benzene rings is 2. The zero-order valence-electron chi connectivity index (χ0n) is 13.9. The number of hydrogen-bond donors (Lipinski definition) is 2. The van der Waals surface area contributed by atoms with Crippen LogP contribution in [0.15, 0.2) is 42.5 Å². The number of hydrogen-bond acceptors (Lipinski definition) is 4. The van der Waals surface area contributed by atoms with E-state index in [0.717, 1.165) is 11.4 Å². The van der Waals surface area contributed by atoms with Crippen LogP contribution in [0.25, 0.3) is 0 Å². The molecule has 0 radical (unpaired) electrons. The minimum Gasteiger partial charge on any atom is -0.495 e. The summed E-state index contributed by atoms with van der Waals surface area (Å²) < 4.78 is 10.7. The second-order valence-electron chi connectivity index (χ2n) is 5.45. The Morgan fingerprint density at radius 3 is 2.62 bits per heavy atom. The zero-order valence-corrected chi connectivity index (χ0v) is 14.7. The molecule has 0 saturated heterocycles. The van der Waals surface area contributed by atoms with Crippen molar-refractivity contribution in [3.8, 4) is 11.5 Å². The second-order valence-corrected chi connectivity index (χ2v) is 5.85. The summed E-state index contributed by atoms with van der Waals surface area (Å²) >= 11 is 6.05. The lowest BCUT2D eigenvalue weighted by Gasteiger charge is -2.12. The fraction of sp³-hybridized carbons (Fsp3) is 0.278. The fourth-order valence-electron chi connectivity index (χ4n) is 2.08. The minimum absolute atomic E-state index is 0.0810. The predicted octanol–water partition coefficient (Wildman–Crippen LogP) is 4.19. The number of carbonyl (C=O) groups excluding carboxylic acids is 1. The first kappa shape index (κ1) is 17.9. The third-order valence-corrected chi connectivity index (χ3v) is 3.39. The van der Waals surface area contributed by atoms with Crippen molar-refractivity contribution in [2.45, 2.75) is 20.0 Å². The number of anilines is 2. The van der Waals surface area contributed by atoms with E-state index in [4.69, 9.17) is 21.1 Å². The highest BCUT2D eigenvalue weighted by molar-refractivity contribution is 6.32. The lowest BCUT2D eigenvalue weighted by Crippen LogP contribution is -2.21. The summed E-state index contributed by atoms with van der Waals surface area (Å²) in [6, 6.07) is 12.6. The Bertz CT molecular complexity index is 704. The first-order valence-electron chi connectivity index (χ1n) is 7.62. The highest BCUT2D eigenvalue weighted by atomic mass is 35.5. The highest BCUT2D eigenvalue weighted by Crippen LogP contribution is 2.27. The Labute approximate surface area is 146 Å². The van der Waals surface area contributed by atoms with Crippen LogP contribution in [-0.4, -0.2) is 25.7 Å². The molecule has 24 heavy (non-hydrogen) atoms. The van der Waals surface area contributed by atoms with Crippen LogP contribution in [0.1, 0.15) is 13.8 Å². The average molecular weight is 349 g/mol. The van der Waals surface area contributed by atoms with Crippen molar-refractivity contribution in [3.05, 3.63) is 47.5 Å².